The van der Waals surface area contributed by atoms with Crippen LogP contribution < -0.4 is 14.2 Å². The Morgan fingerprint density at radius 3 is 2.57 bits per heavy atom. The minimum Gasteiger partial charge on any atom is -0.497 e. The van der Waals surface area contributed by atoms with Crippen LogP contribution in [0.2, 0.25) is 0 Å². The molecule has 1 unspecified atom stereocenters. The summed E-state index contributed by atoms with van der Waals surface area (Å²) < 4.78 is 44.0. The van der Waals surface area contributed by atoms with Gasteiger partial charge in [0.15, 0.2) is 0 Å². The Kier molecular flexibility index (Phi) is 6.35. The molecule has 2 aromatic rings. The summed E-state index contributed by atoms with van der Waals surface area (Å²) in [5.74, 6) is 0.782. The van der Waals surface area contributed by atoms with Gasteiger partial charge in [0.2, 0.25) is 10.0 Å². The van der Waals surface area contributed by atoms with Crippen LogP contribution in [-0.2, 0) is 16.4 Å². The maximum absolute atomic E-state index is 13.2. The molecule has 0 amide bonds. The monoisotopic (exact) mass is 407 g/mol. The van der Waals surface area contributed by atoms with Crippen LogP contribution in [0.1, 0.15) is 25.3 Å². The fourth-order valence-electron chi connectivity index (χ4n) is 3.08. The molecule has 28 heavy (non-hydrogen) atoms. The summed E-state index contributed by atoms with van der Waals surface area (Å²) in [6, 6.07) is 4.94. The molecule has 0 N–H and O–H groups in total. The van der Waals surface area contributed by atoms with Crippen molar-refractivity contribution in [3.63, 3.8) is 0 Å². The summed E-state index contributed by atoms with van der Waals surface area (Å²) in [4.78, 5) is 8.51. The zero-order chi connectivity index (χ0) is 20.1. The third-order valence-corrected chi connectivity index (χ3v) is 6.60. The number of sulfonamides is 1. The first-order valence-corrected chi connectivity index (χ1v) is 10.6. The van der Waals surface area contributed by atoms with E-state index in [0.717, 1.165) is 18.4 Å². The molecule has 0 aliphatic carbocycles. The van der Waals surface area contributed by atoms with Crippen LogP contribution in [0.3, 0.4) is 0 Å². The summed E-state index contributed by atoms with van der Waals surface area (Å²) in [7, 11) is -0.777. The number of methoxy groups -OCH3 is 2. The number of benzene rings is 1. The molecule has 0 spiro atoms. The van der Waals surface area contributed by atoms with Crippen LogP contribution in [0.25, 0.3) is 0 Å². The van der Waals surface area contributed by atoms with Gasteiger partial charge in [-0.05, 0) is 37.0 Å². The summed E-state index contributed by atoms with van der Waals surface area (Å²) in [6.45, 7) is 2.68. The number of nitrogens with zero attached hydrogens (tertiary/aromatic N) is 3. The Bertz CT molecular complexity index is 902. The molecule has 1 saturated heterocycles. The van der Waals surface area contributed by atoms with Crippen molar-refractivity contribution in [2.45, 2.75) is 37.2 Å². The lowest BCUT2D eigenvalue weighted by Crippen LogP contribution is -2.44. The van der Waals surface area contributed by atoms with E-state index in [0.29, 0.717) is 18.7 Å². The van der Waals surface area contributed by atoms with Crippen LogP contribution in [0.5, 0.6) is 17.5 Å². The zero-order valence-corrected chi connectivity index (χ0v) is 17.1. The van der Waals surface area contributed by atoms with Gasteiger partial charge in [0, 0.05) is 25.0 Å². The molecular formula is C19H25N3O5S. The van der Waals surface area contributed by atoms with Crippen molar-refractivity contribution in [1.29, 1.82) is 0 Å². The second-order valence-corrected chi connectivity index (χ2v) is 8.40. The third kappa shape index (κ3) is 4.36. The normalized spacial score (nSPS) is 17.9. The standard InChI is InChI=1S/C19H25N3O5S/c1-4-14-11-20-19(21-12-14)27-16-6-5-9-22(13-16)28(23,24)18-8-7-15(25-2)10-17(18)26-3/h7-8,10-12,16H,4-6,9,13H2,1-3H3. The Labute approximate surface area is 165 Å². The quantitative estimate of drug-likeness (QED) is 0.695. The summed E-state index contributed by atoms with van der Waals surface area (Å²) in [5, 5.41) is 0. The van der Waals surface area contributed by atoms with Crippen LogP contribution >= 0.6 is 0 Å². The molecular weight excluding hydrogens is 382 g/mol. The van der Waals surface area contributed by atoms with E-state index in [4.69, 9.17) is 14.2 Å². The molecule has 1 fully saturated rings. The summed E-state index contributed by atoms with van der Waals surface area (Å²) >= 11 is 0. The van der Waals surface area contributed by atoms with E-state index >= 15 is 0 Å². The van der Waals surface area contributed by atoms with E-state index in [2.05, 4.69) is 9.97 Å². The van der Waals surface area contributed by atoms with Crippen molar-refractivity contribution < 1.29 is 22.6 Å². The molecule has 9 heteroatoms. The number of hydrogen-bond donors (Lipinski definition) is 0. The fraction of sp³-hybridized carbons (Fsp3) is 0.474. The number of rotatable bonds is 7. The highest BCUT2D eigenvalue weighted by Crippen LogP contribution is 2.32. The minimum absolute atomic E-state index is 0.111. The first kappa shape index (κ1) is 20.3. The van der Waals surface area contributed by atoms with E-state index < -0.39 is 10.0 Å². The highest BCUT2D eigenvalue weighted by Gasteiger charge is 2.33. The molecule has 2 heterocycles. The Hall–Kier alpha value is -2.39. The average molecular weight is 407 g/mol. The average Bonchev–Trinajstić information content (AvgIpc) is 2.74. The first-order chi connectivity index (χ1) is 13.5. The van der Waals surface area contributed by atoms with Crippen molar-refractivity contribution in [2.75, 3.05) is 27.3 Å². The molecule has 0 saturated carbocycles. The molecule has 1 aromatic heterocycles. The van der Waals surface area contributed by atoms with Crippen LogP contribution in [-0.4, -0.2) is 56.1 Å². The Balaban J connectivity index is 1.77. The van der Waals surface area contributed by atoms with Crippen molar-refractivity contribution >= 4 is 10.0 Å². The Morgan fingerprint density at radius 1 is 1.18 bits per heavy atom. The first-order valence-electron chi connectivity index (χ1n) is 9.17. The van der Waals surface area contributed by atoms with Gasteiger partial charge in [0.1, 0.15) is 22.5 Å². The topological polar surface area (TPSA) is 90.9 Å². The number of aryl methyl sites for hydroxylation is 1. The van der Waals surface area contributed by atoms with Crippen molar-refractivity contribution in [3.8, 4) is 17.5 Å². The number of hydrogen-bond acceptors (Lipinski definition) is 7. The van der Waals surface area contributed by atoms with Gasteiger partial charge in [0.25, 0.3) is 0 Å². The molecule has 3 rings (SSSR count). The molecule has 1 aromatic carbocycles. The van der Waals surface area contributed by atoms with E-state index in [9.17, 15) is 8.42 Å². The molecule has 1 atom stereocenters. The minimum atomic E-state index is -3.73. The zero-order valence-electron chi connectivity index (χ0n) is 16.3. The smallest absolute Gasteiger partial charge is 0.316 e. The number of piperidine rings is 1. The van der Waals surface area contributed by atoms with Gasteiger partial charge in [-0.3, -0.25) is 0 Å². The van der Waals surface area contributed by atoms with Crippen molar-refractivity contribution in [3.05, 3.63) is 36.2 Å². The highest BCUT2D eigenvalue weighted by atomic mass is 32.2. The van der Waals surface area contributed by atoms with Gasteiger partial charge in [-0.1, -0.05) is 6.92 Å². The lowest BCUT2D eigenvalue weighted by Gasteiger charge is -2.31. The van der Waals surface area contributed by atoms with E-state index in [1.807, 2.05) is 6.92 Å². The van der Waals surface area contributed by atoms with Crippen LogP contribution in [0, 0.1) is 0 Å². The molecule has 1 aliphatic heterocycles. The molecule has 0 bridgehead atoms. The SMILES string of the molecule is CCc1cnc(OC2CCCN(S(=O)(=O)c3ccc(OC)cc3OC)C2)nc1. The van der Waals surface area contributed by atoms with E-state index in [1.165, 1.54) is 24.6 Å². The van der Waals surface area contributed by atoms with Gasteiger partial charge in [-0.15, -0.1) is 0 Å². The predicted octanol–water partition coefficient (Wildman–Crippen LogP) is 2.29. The van der Waals surface area contributed by atoms with Gasteiger partial charge in [0.05, 0.1) is 20.8 Å². The highest BCUT2D eigenvalue weighted by molar-refractivity contribution is 7.89. The van der Waals surface area contributed by atoms with Crippen LogP contribution in [0.4, 0.5) is 0 Å². The molecule has 152 valence electrons. The second-order valence-electron chi connectivity index (χ2n) is 6.49. The van der Waals surface area contributed by atoms with Crippen LogP contribution in [0.15, 0.2) is 35.5 Å². The summed E-state index contributed by atoms with van der Waals surface area (Å²) in [5.41, 5.74) is 1.02. The van der Waals surface area contributed by atoms with Gasteiger partial charge in [-0.2, -0.15) is 4.31 Å². The lowest BCUT2D eigenvalue weighted by atomic mass is 10.1. The van der Waals surface area contributed by atoms with E-state index in [-0.39, 0.29) is 29.3 Å². The summed E-state index contributed by atoms with van der Waals surface area (Å²) in [6.07, 6.45) is 5.42. The molecule has 0 radical (unpaired) electrons. The van der Waals surface area contributed by atoms with Gasteiger partial charge >= 0.3 is 6.01 Å². The third-order valence-electron chi connectivity index (χ3n) is 4.69. The van der Waals surface area contributed by atoms with Gasteiger partial charge < -0.3 is 14.2 Å². The number of aromatic nitrogens is 2. The number of ether oxygens (including phenoxy) is 3. The van der Waals surface area contributed by atoms with Gasteiger partial charge in [-0.25, -0.2) is 18.4 Å². The maximum atomic E-state index is 13.2. The van der Waals surface area contributed by atoms with E-state index in [1.54, 1.807) is 24.5 Å². The lowest BCUT2D eigenvalue weighted by molar-refractivity contribution is 0.119. The predicted molar refractivity (Wildman–Crippen MR) is 103 cm³/mol. The maximum Gasteiger partial charge on any atom is 0.316 e. The molecule has 1 aliphatic rings. The molecule has 8 nitrogen and oxygen atoms in total. The second kappa shape index (κ2) is 8.74. The largest absolute Gasteiger partial charge is 0.497 e. The van der Waals surface area contributed by atoms with Crippen molar-refractivity contribution in [2.24, 2.45) is 0 Å². The van der Waals surface area contributed by atoms with Crippen molar-refractivity contribution in [1.82, 2.24) is 14.3 Å². The Morgan fingerprint density at radius 2 is 1.93 bits per heavy atom. The fourth-order valence-corrected chi connectivity index (χ4v) is 4.73.